The average Bonchev–Trinajstić information content (AvgIpc) is 3.09. The van der Waals surface area contributed by atoms with Gasteiger partial charge >= 0.3 is 0 Å². The molecule has 0 saturated heterocycles. The van der Waals surface area contributed by atoms with Gasteiger partial charge in [-0.1, -0.05) is 51.1 Å². The largest absolute Gasteiger partial charge is 0.331 e. The van der Waals surface area contributed by atoms with Gasteiger partial charge in [0.05, 0.1) is 5.56 Å². The number of fused-ring (bicyclic) bond motifs is 1. The van der Waals surface area contributed by atoms with E-state index >= 15 is 0 Å². The van der Waals surface area contributed by atoms with Crippen LogP contribution >= 0.6 is 11.3 Å². The Labute approximate surface area is 196 Å². The van der Waals surface area contributed by atoms with E-state index in [0.717, 1.165) is 30.4 Å². The minimum atomic E-state index is -0.179. The molecule has 2 amide bonds. The first-order valence-electron chi connectivity index (χ1n) is 11.2. The maximum Gasteiger partial charge on any atom is 0.257 e. The van der Waals surface area contributed by atoms with E-state index in [1.54, 1.807) is 28.4 Å². The van der Waals surface area contributed by atoms with Crippen LogP contribution < -0.4 is 5.32 Å². The molecule has 1 atom stereocenters. The van der Waals surface area contributed by atoms with Crippen LogP contribution in [0.3, 0.4) is 0 Å². The molecular weight excluding hydrogens is 416 g/mol. The second-order valence-electron chi connectivity index (χ2n) is 9.57. The van der Waals surface area contributed by atoms with Gasteiger partial charge in [-0.15, -0.1) is 24.5 Å². The first-order valence-corrected chi connectivity index (χ1v) is 12.0. The van der Waals surface area contributed by atoms with Gasteiger partial charge in [-0.05, 0) is 54.7 Å². The van der Waals surface area contributed by atoms with Crippen molar-refractivity contribution in [2.24, 2.45) is 11.3 Å². The molecule has 1 N–H and O–H groups in total. The molecule has 1 aromatic carbocycles. The highest BCUT2D eigenvalue weighted by Crippen LogP contribution is 2.44. The minimum Gasteiger partial charge on any atom is -0.331 e. The zero-order valence-electron chi connectivity index (χ0n) is 19.7. The average molecular weight is 451 g/mol. The van der Waals surface area contributed by atoms with Crippen LogP contribution in [-0.4, -0.2) is 29.8 Å². The van der Waals surface area contributed by atoms with Gasteiger partial charge in [-0.3, -0.25) is 9.59 Å². The number of benzene rings is 1. The normalized spacial score (nSPS) is 15.6. The Morgan fingerprint density at radius 1 is 1.19 bits per heavy atom. The molecule has 0 saturated carbocycles. The quantitative estimate of drug-likeness (QED) is 0.505. The standard InChI is InChI=1S/C27H34N2O2S/c1-7-15-29(16-8-2)26(31)23-21-14-13-19(27(4,5)6)17-22(21)32-25(23)28-24(30)20-12-10-9-11-18(20)3/h7-12,19H,1-2,13-17H2,3-6H3,(H,28,30). The van der Waals surface area contributed by atoms with Crippen molar-refractivity contribution in [1.82, 2.24) is 4.90 Å². The summed E-state index contributed by atoms with van der Waals surface area (Å²) in [5.74, 6) is 0.299. The molecule has 1 unspecified atom stereocenters. The highest BCUT2D eigenvalue weighted by atomic mass is 32.1. The summed E-state index contributed by atoms with van der Waals surface area (Å²) in [6, 6.07) is 7.51. The zero-order valence-corrected chi connectivity index (χ0v) is 20.5. The summed E-state index contributed by atoms with van der Waals surface area (Å²) >= 11 is 1.56. The molecule has 5 heteroatoms. The van der Waals surface area contributed by atoms with Crippen LogP contribution in [-0.2, 0) is 12.8 Å². The number of nitrogens with one attached hydrogen (secondary N) is 1. The van der Waals surface area contributed by atoms with Crippen molar-refractivity contribution in [3.8, 4) is 0 Å². The number of nitrogens with zero attached hydrogens (tertiary/aromatic N) is 1. The maximum atomic E-state index is 13.6. The number of aryl methyl sites for hydroxylation is 1. The topological polar surface area (TPSA) is 49.4 Å². The molecule has 170 valence electrons. The summed E-state index contributed by atoms with van der Waals surface area (Å²) in [5.41, 5.74) is 3.47. The van der Waals surface area contributed by atoms with Crippen molar-refractivity contribution < 1.29 is 9.59 Å². The van der Waals surface area contributed by atoms with Crippen LogP contribution in [0.5, 0.6) is 0 Å². The molecule has 0 spiro atoms. The lowest BCUT2D eigenvalue weighted by Crippen LogP contribution is -2.33. The van der Waals surface area contributed by atoms with Crippen molar-refractivity contribution in [3.05, 3.63) is 76.7 Å². The van der Waals surface area contributed by atoms with Crippen LogP contribution in [0, 0.1) is 18.3 Å². The van der Waals surface area contributed by atoms with Crippen molar-refractivity contribution in [1.29, 1.82) is 0 Å². The zero-order chi connectivity index (χ0) is 23.5. The Morgan fingerprint density at radius 3 is 2.44 bits per heavy atom. The molecule has 3 rings (SSSR count). The molecule has 2 aromatic rings. The number of carbonyl (C=O) groups excluding carboxylic acids is 2. The minimum absolute atomic E-state index is 0.0726. The second kappa shape index (κ2) is 9.86. The first kappa shape index (κ1) is 24.0. The van der Waals surface area contributed by atoms with Crippen LogP contribution in [0.1, 0.15) is 63.9 Å². The summed E-state index contributed by atoms with van der Waals surface area (Å²) in [5, 5.41) is 3.73. The number of amides is 2. The van der Waals surface area contributed by atoms with Gasteiger partial charge in [0.1, 0.15) is 5.00 Å². The van der Waals surface area contributed by atoms with Gasteiger partial charge in [0, 0.05) is 23.5 Å². The molecule has 0 radical (unpaired) electrons. The number of anilines is 1. The molecule has 32 heavy (non-hydrogen) atoms. The Kier molecular flexibility index (Phi) is 7.40. The molecule has 0 aliphatic heterocycles. The van der Waals surface area contributed by atoms with Gasteiger partial charge in [0.2, 0.25) is 0 Å². The van der Waals surface area contributed by atoms with E-state index in [2.05, 4.69) is 39.2 Å². The maximum absolute atomic E-state index is 13.6. The lowest BCUT2D eigenvalue weighted by atomic mass is 9.72. The third kappa shape index (κ3) is 5.04. The predicted molar refractivity (Wildman–Crippen MR) is 135 cm³/mol. The number of thiophene rings is 1. The predicted octanol–water partition coefficient (Wildman–Crippen LogP) is 6.27. The fourth-order valence-electron chi connectivity index (χ4n) is 4.35. The van der Waals surface area contributed by atoms with Crippen LogP contribution in [0.4, 0.5) is 5.00 Å². The van der Waals surface area contributed by atoms with Gasteiger partial charge in [-0.2, -0.15) is 0 Å². The molecule has 1 aliphatic rings. The Balaban J connectivity index is 2.03. The van der Waals surface area contributed by atoms with Gasteiger partial charge in [0.25, 0.3) is 11.8 Å². The van der Waals surface area contributed by atoms with Crippen LogP contribution in [0.2, 0.25) is 0 Å². The van der Waals surface area contributed by atoms with Gasteiger partial charge in [-0.25, -0.2) is 0 Å². The Bertz CT molecular complexity index is 1020. The Hall–Kier alpha value is -2.66. The fraction of sp³-hybridized carbons (Fsp3) is 0.407. The van der Waals surface area contributed by atoms with E-state index in [1.807, 2.05) is 31.2 Å². The molecule has 1 aliphatic carbocycles. The van der Waals surface area contributed by atoms with E-state index in [-0.39, 0.29) is 17.2 Å². The van der Waals surface area contributed by atoms with Crippen molar-refractivity contribution >= 4 is 28.2 Å². The van der Waals surface area contributed by atoms with Crippen LogP contribution in [0.15, 0.2) is 49.6 Å². The van der Waals surface area contributed by atoms with E-state index in [4.69, 9.17) is 0 Å². The summed E-state index contributed by atoms with van der Waals surface area (Å²) in [6.45, 7) is 17.2. The van der Waals surface area contributed by atoms with Gasteiger partial charge < -0.3 is 10.2 Å². The smallest absolute Gasteiger partial charge is 0.257 e. The number of hydrogen-bond acceptors (Lipinski definition) is 3. The van der Waals surface area contributed by atoms with E-state index in [9.17, 15) is 9.59 Å². The summed E-state index contributed by atoms with van der Waals surface area (Å²) in [7, 11) is 0. The highest BCUT2D eigenvalue weighted by Gasteiger charge is 2.35. The first-order chi connectivity index (χ1) is 15.2. The third-order valence-corrected chi connectivity index (χ3v) is 7.48. The summed E-state index contributed by atoms with van der Waals surface area (Å²) in [6.07, 6.45) is 6.28. The van der Waals surface area contributed by atoms with Gasteiger partial charge in [0.15, 0.2) is 0 Å². The summed E-state index contributed by atoms with van der Waals surface area (Å²) in [4.78, 5) is 29.7. The van der Waals surface area contributed by atoms with Crippen molar-refractivity contribution in [2.75, 3.05) is 18.4 Å². The number of hydrogen-bond donors (Lipinski definition) is 1. The molecule has 4 nitrogen and oxygen atoms in total. The monoisotopic (exact) mass is 450 g/mol. The third-order valence-electron chi connectivity index (χ3n) is 6.31. The lowest BCUT2D eigenvalue weighted by molar-refractivity contribution is 0.0790. The lowest BCUT2D eigenvalue weighted by Gasteiger charge is -2.34. The number of carbonyl (C=O) groups is 2. The second-order valence-corrected chi connectivity index (χ2v) is 10.7. The Morgan fingerprint density at radius 2 is 1.84 bits per heavy atom. The molecule has 0 bridgehead atoms. The van der Waals surface area contributed by atoms with E-state index in [0.29, 0.717) is 35.1 Å². The SMILES string of the molecule is C=CCN(CC=C)C(=O)c1c(NC(=O)c2ccccc2C)sc2c1CCC(C(C)(C)C)C2. The molecule has 0 fully saturated rings. The summed E-state index contributed by atoms with van der Waals surface area (Å²) < 4.78 is 0. The van der Waals surface area contributed by atoms with Crippen molar-refractivity contribution in [2.45, 2.75) is 47.0 Å². The fourth-order valence-corrected chi connectivity index (χ4v) is 5.66. The molecular formula is C27H34N2O2S. The van der Waals surface area contributed by atoms with Crippen LogP contribution in [0.25, 0.3) is 0 Å². The highest BCUT2D eigenvalue weighted by molar-refractivity contribution is 7.17. The van der Waals surface area contributed by atoms with E-state index in [1.165, 1.54) is 4.88 Å². The molecule has 1 heterocycles. The number of rotatable bonds is 7. The van der Waals surface area contributed by atoms with E-state index < -0.39 is 0 Å². The molecule has 1 aromatic heterocycles. The van der Waals surface area contributed by atoms with Crippen molar-refractivity contribution in [3.63, 3.8) is 0 Å².